The van der Waals surface area contributed by atoms with E-state index in [0.717, 1.165) is 142 Å². The van der Waals surface area contributed by atoms with E-state index in [0.29, 0.717) is 55.8 Å². The van der Waals surface area contributed by atoms with Crippen molar-refractivity contribution in [3.63, 3.8) is 0 Å². The Balaban J connectivity index is 0.000000131. The number of carbonyl (C=O) groups is 5. The number of ether oxygens (including phenoxy) is 2. The van der Waals surface area contributed by atoms with Crippen LogP contribution in [0.1, 0.15) is 134 Å². The Morgan fingerprint density at radius 1 is 0.505 bits per heavy atom. The van der Waals surface area contributed by atoms with E-state index in [4.69, 9.17) is 30.3 Å². The lowest BCUT2D eigenvalue weighted by molar-refractivity contribution is 0.0277. The van der Waals surface area contributed by atoms with Gasteiger partial charge in [0, 0.05) is 85.4 Å². The summed E-state index contributed by atoms with van der Waals surface area (Å²) in [6, 6.07) is 42.2. The summed E-state index contributed by atoms with van der Waals surface area (Å²) in [4.78, 5) is 81.0. The molecule has 2 amide bonds. The van der Waals surface area contributed by atoms with Gasteiger partial charge in [0.2, 0.25) is 0 Å². The topological polar surface area (TPSA) is 220 Å². The second kappa shape index (κ2) is 29.8. The van der Waals surface area contributed by atoms with Crippen molar-refractivity contribution in [2.24, 2.45) is 23.5 Å². The first-order chi connectivity index (χ1) is 47.4. The third kappa shape index (κ3) is 17.0. The fourth-order valence-electron chi connectivity index (χ4n) is 12.6. The average molecular weight is 1390 g/mol. The van der Waals surface area contributed by atoms with Gasteiger partial charge in [0.05, 0.1) is 53.3 Å². The van der Waals surface area contributed by atoms with Crippen LogP contribution in [0.5, 0.6) is 0 Å². The van der Waals surface area contributed by atoms with Crippen LogP contribution >= 0.6 is 34.0 Å². The molecule has 21 heteroatoms. The molecule has 6 aromatic carbocycles. The molecule has 0 aliphatic carbocycles. The van der Waals surface area contributed by atoms with Crippen LogP contribution < -0.4 is 11.1 Å². The number of amides is 2. The third-order valence-electron chi connectivity index (χ3n) is 18.1. The zero-order valence-corrected chi connectivity index (χ0v) is 60.1. The van der Waals surface area contributed by atoms with Gasteiger partial charge in [0.1, 0.15) is 11.2 Å². The summed E-state index contributed by atoms with van der Waals surface area (Å²) in [7, 11) is 0. The SMILES string of the molecule is CC(C)(C)OC(=O)N1CC[C@@H](CN)C1.Cc1ccc(-c2cn3c(n2)sc2cc(C(=O)CC[C@@H]4CCN(C(=O)OC(C)(C)C)C4)ccc23)cc1.Cc1ccc(-c2cn3c(n2)sc2cc(C(=O)CC[C@@H]4CCNC4)ccc23)cc1.Cc1ccc(-c2cn3c(n2)sc2cc(C(=O)O)ccc23)cc1. The minimum Gasteiger partial charge on any atom is -0.478 e. The van der Waals surface area contributed by atoms with Gasteiger partial charge >= 0.3 is 18.2 Å². The predicted octanol–water partition coefficient (Wildman–Crippen LogP) is 17.3. The van der Waals surface area contributed by atoms with E-state index in [-0.39, 0.29) is 23.8 Å². The molecule has 3 saturated heterocycles. The third-order valence-corrected chi connectivity index (χ3v) is 21.2. The number of carboxylic acid groups (broad SMARTS) is 1. The number of rotatable bonds is 13. The number of hydrogen-bond donors (Lipinski definition) is 3. The molecule has 0 radical (unpaired) electrons. The van der Waals surface area contributed by atoms with Gasteiger partial charge in [-0.05, 0) is 186 Å². The molecule has 6 aromatic heterocycles. The number of imidazole rings is 3. The molecule has 18 nitrogen and oxygen atoms in total. The summed E-state index contributed by atoms with van der Waals surface area (Å²) >= 11 is 4.75. The largest absolute Gasteiger partial charge is 0.478 e. The fourth-order valence-corrected chi connectivity index (χ4v) is 15.7. The molecular formula is C78H86N10O8S3. The minimum atomic E-state index is -0.909. The number of thiazole rings is 3. The van der Waals surface area contributed by atoms with Gasteiger partial charge in [0.15, 0.2) is 26.4 Å². The number of Topliss-reactive ketones (excluding diaryl/α,β-unsaturated/α-hetero) is 2. The maximum Gasteiger partial charge on any atom is 0.410 e. The van der Waals surface area contributed by atoms with Gasteiger partial charge in [-0.1, -0.05) is 123 Å². The van der Waals surface area contributed by atoms with Gasteiger partial charge in [0.25, 0.3) is 0 Å². The maximum absolute atomic E-state index is 12.9. The molecule has 9 heterocycles. The first kappa shape index (κ1) is 69.8. The number of benzene rings is 6. The molecule has 4 N–H and O–H groups in total. The second-order valence-corrected chi connectivity index (χ2v) is 31.3. The van der Waals surface area contributed by atoms with Gasteiger partial charge < -0.3 is 35.4 Å². The van der Waals surface area contributed by atoms with Crippen molar-refractivity contribution in [3.05, 3.63) is 179 Å². The number of nitrogens with zero attached hydrogens (tertiary/aromatic N) is 8. The summed E-state index contributed by atoms with van der Waals surface area (Å²) < 4.78 is 20.1. The number of ketones is 2. The Morgan fingerprint density at radius 3 is 1.22 bits per heavy atom. The molecular weight excluding hydrogens is 1300 g/mol. The summed E-state index contributed by atoms with van der Waals surface area (Å²) in [6.45, 7) is 23.1. The van der Waals surface area contributed by atoms with Crippen molar-refractivity contribution >= 4 is 109 Å². The highest BCUT2D eigenvalue weighted by Gasteiger charge is 2.31. The highest BCUT2D eigenvalue weighted by atomic mass is 32.1. The van der Waals surface area contributed by atoms with Gasteiger partial charge in [-0.25, -0.2) is 29.3 Å². The van der Waals surface area contributed by atoms with Gasteiger partial charge in [-0.15, -0.1) is 0 Å². The standard InChI is InChI=1S/C28H31N3O3S.C23H23N3OS.C17H12N2O2S.C10H20N2O2/c1-18-5-8-20(9-6-18)22-17-31-23-11-10-21(15-25(23)35-26(31)29-22)24(32)12-7-19-13-14-30(16-19)27(33)34-28(2,3)4;1-15-2-5-17(6-3-15)19-14-26-20-8-7-18(12-22(20)28-23(26)25-19)21(27)9-4-16-10-11-24-13-16;1-10-2-4-11(5-3-10)13-9-19-14-7-6-12(16(20)21)8-15(14)22-17(19)18-13;1-10(2,3)14-9(13)12-5-4-8(6-11)7-12/h5-6,8-11,15,17,19H,7,12-14,16H2,1-4H3;2-3,5-8,12,14,16,24H,4,9-11,13H2,1H3;2-9H,1H3,(H,20,21);8H,4-7,11H2,1-3H3/t19-;16-;;8-/m11.0/s1. The first-order valence-corrected chi connectivity index (χ1v) is 36.4. The number of aromatic carboxylic acids is 1. The van der Waals surface area contributed by atoms with E-state index in [1.165, 1.54) is 34.4 Å². The van der Waals surface area contributed by atoms with Crippen molar-refractivity contribution in [1.29, 1.82) is 0 Å². The summed E-state index contributed by atoms with van der Waals surface area (Å²) in [6.07, 6.45) is 11.7. The molecule has 0 bridgehead atoms. The summed E-state index contributed by atoms with van der Waals surface area (Å²) in [5.74, 6) is 0.920. The molecule has 3 atom stereocenters. The number of aryl methyl sites for hydroxylation is 3. The van der Waals surface area contributed by atoms with Crippen LogP contribution in [0.4, 0.5) is 9.59 Å². The molecule has 15 rings (SSSR count). The predicted molar refractivity (Wildman–Crippen MR) is 398 cm³/mol. The number of aromatic nitrogens is 6. The van der Waals surface area contributed by atoms with E-state index in [2.05, 4.69) is 131 Å². The van der Waals surface area contributed by atoms with Crippen LogP contribution in [0.3, 0.4) is 0 Å². The molecule has 12 aromatic rings. The quantitative estimate of drug-likeness (QED) is 0.0916. The van der Waals surface area contributed by atoms with Crippen LogP contribution in [-0.4, -0.2) is 130 Å². The van der Waals surface area contributed by atoms with Crippen LogP contribution in [0, 0.1) is 38.5 Å². The van der Waals surface area contributed by atoms with Crippen LogP contribution in [0.15, 0.2) is 146 Å². The number of fused-ring (bicyclic) bond motifs is 9. The minimum absolute atomic E-state index is 0.147. The molecule has 0 spiro atoms. The zero-order chi connectivity index (χ0) is 69.9. The first-order valence-electron chi connectivity index (χ1n) is 34.0. The normalized spacial score (nSPS) is 16.3. The number of nitrogens with two attached hydrogens (primary N) is 1. The van der Waals surface area contributed by atoms with Crippen molar-refractivity contribution < 1.29 is 38.6 Å². The number of carboxylic acids is 1. The van der Waals surface area contributed by atoms with E-state index in [1.807, 2.05) is 88.5 Å². The molecule has 3 aliphatic rings. The second-order valence-electron chi connectivity index (χ2n) is 28.3. The van der Waals surface area contributed by atoms with Crippen LogP contribution in [0.2, 0.25) is 0 Å². The lowest BCUT2D eigenvalue weighted by Crippen LogP contribution is -2.35. The maximum atomic E-state index is 12.9. The lowest BCUT2D eigenvalue weighted by Gasteiger charge is -2.24. The van der Waals surface area contributed by atoms with Crippen molar-refractivity contribution in [2.45, 2.75) is 118 Å². The molecule has 0 saturated carbocycles. The van der Waals surface area contributed by atoms with E-state index < -0.39 is 17.2 Å². The Kier molecular flexibility index (Phi) is 21.0. The smallest absolute Gasteiger partial charge is 0.410 e. The number of carbonyl (C=O) groups excluding carboxylic acids is 4. The highest BCUT2D eigenvalue weighted by Crippen LogP contribution is 2.35. The number of likely N-dealkylation sites (tertiary alicyclic amines) is 2. The zero-order valence-electron chi connectivity index (χ0n) is 57.7. The molecule has 3 aliphatic heterocycles. The monoisotopic (exact) mass is 1390 g/mol. The van der Waals surface area contributed by atoms with Crippen molar-refractivity contribution in [3.8, 4) is 33.8 Å². The Labute approximate surface area is 588 Å². The van der Waals surface area contributed by atoms with Crippen molar-refractivity contribution in [1.82, 2.24) is 43.3 Å². The van der Waals surface area contributed by atoms with Gasteiger partial charge in [-0.2, -0.15) is 0 Å². The molecule has 0 unspecified atom stereocenters. The fraction of sp³-hybridized carbons (Fsp3) is 0.359. The van der Waals surface area contributed by atoms with E-state index in [1.54, 1.807) is 44.6 Å². The van der Waals surface area contributed by atoms with E-state index in [9.17, 15) is 24.0 Å². The van der Waals surface area contributed by atoms with Gasteiger partial charge in [-0.3, -0.25) is 22.8 Å². The highest BCUT2D eigenvalue weighted by molar-refractivity contribution is 7.24. The Bertz CT molecular complexity index is 4910. The lowest BCUT2D eigenvalue weighted by atomic mass is 9.98. The van der Waals surface area contributed by atoms with Crippen molar-refractivity contribution in [2.75, 3.05) is 45.8 Å². The Morgan fingerprint density at radius 2 is 0.869 bits per heavy atom. The number of nitrogens with one attached hydrogen (secondary N) is 1. The van der Waals surface area contributed by atoms with Crippen LogP contribution in [-0.2, 0) is 9.47 Å². The Hall–Kier alpha value is -9.12. The summed E-state index contributed by atoms with van der Waals surface area (Å²) in [5.41, 5.74) is 19.5. The average Bonchev–Trinajstić information content (AvgIpc) is 1.63. The van der Waals surface area contributed by atoms with Crippen LogP contribution in [0.25, 0.3) is 79.3 Å². The number of hydrogen-bond acceptors (Lipinski definition) is 15. The molecule has 99 heavy (non-hydrogen) atoms. The van der Waals surface area contributed by atoms with E-state index >= 15 is 0 Å². The molecule has 3 fully saturated rings. The summed E-state index contributed by atoms with van der Waals surface area (Å²) in [5, 5.41) is 12.4. The molecule has 514 valence electrons.